The van der Waals surface area contributed by atoms with E-state index in [1.807, 2.05) is 0 Å². The third-order valence-corrected chi connectivity index (χ3v) is 11.9. The number of aromatic carboxylic acids is 1. The molecule has 280 valence electrons. The minimum Gasteiger partial charge on any atom is -0.493 e. The molecule has 4 aromatic rings. The lowest BCUT2D eigenvalue weighted by Gasteiger charge is -2.44. The molecule has 3 aliphatic heterocycles. The molecule has 7 rings (SSSR count). The second-order valence-electron chi connectivity index (χ2n) is 13.0. The highest BCUT2D eigenvalue weighted by Gasteiger charge is 2.39. The van der Waals surface area contributed by atoms with Gasteiger partial charge in [-0.2, -0.15) is 4.72 Å². The molecule has 3 atom stereocenters. The van der Waals surface area contributed by atoms with Crippen LogP contribution in [-0.4, -0.2) is 75.5 Å². The van der Waals surface area contributed by atoms with E-state index in [9.17, 15) is 32.7 Å². The van der Waals surface area contributed by atoms with Crippen LogP contribution in [0.2, 0.25) is 10.0 Å². The topological polar surface area (TPSA) is 156 Å². The third-order valence-electron chi connectivity index (χ3n) is 9.78. The fourth-order valence-electron chi connectivity index (χ4n) is 7.03. The highest BCUT2D eigenvalue weighted by Crippen LogP contribution is 2.40. The maximum Gasteiger partial charge on any atom is 0.335 e. The summed E-state index contributed by atoms with van der Waals surface area (Å²) in [5.74, 6) is -3.01. The summed E-state index contributed by atoms with van der Waals surface area (Å²) in [5.41, 5.74) is 0.673. The highest BCUT2D eigenvalue weighted by molar-refractivity contribution is 7.89. The molecule has 16 heteroatoms. The number of carboxylic acids is 1. The molecule has 3 aromatic carbocycles. The van der Waals surface area contributed by atoms with E-state index >= 15 is 0 Å². The number of hydrogen-bond acceptors (Lipinski definition) is 9. The van der Waals surface area contributed by atoms with Gasteiger partial charge in [0, 0.05) is 22.8 Å². The van der Waals surface area contributed by atoms with Gasteiger partial charge in [0.05, 0.1) is 24.7 Å². The van der Waals surface area contributed by atoms with Gasteiger partial charge in [-0.05, 0) is 97.4 Å². The van der Waals surface area contributed by atoms with Crippen LogP contribution < -0.4 is 18.9 Å². The molecule has 0 saturated carbocycles. The molecular formula is C37H37Cl2FN3O9S+. The molecule has 2 bridgehead atoms. The summed E-state index contributed by atoms with van der Waals surface area (Å²) in [7, 11) is -1.74. The molecule has 0 radical (unpaired) electrons. The van der Waals surface area contributed by atoms with E-state index in [1.54, 1.807) is 18.2 Å². The Bertz CT molecular complexity index is 2120. The van der Waals surface area contributed by atoms with Gasteiger partial charge in [0.25, 0.3) is 0 Å². The number of ether oxygens (including phenoxy) is 3. The number of fused-ring (bicyclic) bond motifs is 3. The number of nitrogens with one attached hydrogen (secondary N) is 1. The van der Waals surface area contributed by atoms with Crippen molar-refractivity contribution in [3.8, 4) is 11.5 Å². The van der Waals surface area contributed by atoms with Crippen LogP contribution >= 0.6 is 23.2 Å². The Labute approximate surface area is 315 Å². The minimum absolute atomic E-state index is 0.0277. The lowest BCUT2D eigenvalue weighted by molar-refractivity contribution is -0.904. The number of carbonyl (C=O) groups is 2. The smallest absolute Gasteiger partial charge is 0.335 e. The number of carboxylic acid groups (broad SMARTS) is 1. The van der Waals surface area contributed by atoms with Crippen LogP contribution in [-0.2, 0) is 26.0 Å². The molecule has 0 amide bonds. The molecule has 0 aliphatic carbocycles. The van der Waals surface area contributed by atoms with Crippen molar-refractivity contribution >= 4 is 45.2 Å². The first-order valence-corrected chi connectivity index (χ1v) is 18.9. The number of piperidine rings is 3. The Kier molecular flexibility index (Phi) is 11.5. The second-order valence-corrected chi connectivity index (χ2v) is 15.5. The van der Waals surface area contributed by atoms with Crippen molar-refractivity contribution in [2.45, 2.75) is 42.2 Å². The summed E-state index contributed by atoms with van der Waals surface area (Å²) in [6.45, 7) is 2.30. The van der Waals surface area contributed by atoms with E-state index in [0.717, 1.165) is 44.1 Å². The van der Waals surface area contributed by atoms with Crippen molar-refractivity contribution < 1.29 is 51.7 Å². The normalized spacial score (nSPS) is 19.3. The summed E-state index contributed by atoms with van der Waals surface area (Å²) < 4.78 is 62.8. The summed E-state index contributed by atoms with van der Waals surface area (Å²) in [5, 5.41) is 20.5. The predicted octanol–water partition coefficient (Wildman–Crippen LogP) is 5.40. The van der Waals surface area contributed by atoms with Crippen molar-refractivity contribution in [1.29, 1.82) is 0 Å². The molecule has 53 heavy (non-hydrogen) atoms. The molecule has 0 spiro atoms. The van der Waals surface area contributed by atoms with Gasteiger partial charge in [-0.15, -0.1) is 0 Å². The van der Waals surface area contributed by atoms with Gasteiger partial charge in [-0.3, -0.25) is 10.1 Å². The lowest BCUT2D eigenvalue weighted by Crippen LogP contribution is -2.52. The highest BCUT2D eigenvalue weighted by atomic mass is 35.5. The molecule has 4 heterocycles. The zero-order valence-corrected chi connectivity index (χ0v) is 31.0. The Hall–Kier alpha value is -4.47. The maximum absolute atomic E-state index is 14.5. The summed E-state index contributed by atoms with van der Waals surface area (Å²) in [4.78, 5) is 28.3. The van der Waals surface area contributed by atoms with Gasteiger partial charge >= 0.3 is 11.9 Å². The minimum atomic E-state index is -4.63. The average Bonchev–Trinajstić information content (AvgIpc) is 3.13. The van der Waals surface area contributed by atoms with Crippen molar-refractivity contribution in [3.63, 3.8) is 0 Å². The van der Waals surface area contributed by atoms with Crippen molar-refractivity contribution in [2.24, 2.45) is 5.92 Å². The summed E-state index contributed by atoms with van der Waals surface area (Å²) >= 11 is 13.0. The first-order chi connectivity index (χ1) is 25.3. The van der Waals surface area contributed by atoms with Crippen LogP contribution in [0.5, 0.6) is 11.5 Å². The first-order valence-electron chi connectivity index (χ1n) is 16.7. The largest absolute Gasteiger partial charge is 0.493 e. The SMILES string of the molecule is COc1ccc(C(Cc2c(Cl)c[n+](O)cc2Cl)c2cc(S(=O)(=O)NC(C(=O)O[C@H]3CN4CCC3CC4)c3cccc(F)c3)ccc2C(=O)O)cc1OC. The molecule has 1 aromatic heterocycles. The van der Waals surface area contributed by atoms with E-state index in [0.29, 0.717) is 33.9 Å². The number of rotatable bonds is 13. The predicted molar refractivity (Wildman–Crippen MR) is 191 cm³/mol. The molecule has 12 nitrogen and oxygen atoms in total. The standard InChI is InChI=1S/C37H36Cl2FN3O9S/c1-50-32-9-6-22(15-33(32)51-2)27(17-29-30(38)18-43(47)19-31(29)39)28-16-25(7-8-26(28)36(44)45)53(48,49)41-35(23-4-3-5-24(40)14-23)37(46)52-34-20-42-12-10-21(34)11-13-42/h3-9,14-16,18-19,21,27,34-35,41H,10-13,17,20H2,1-2H3,(H-,44,45,47)/p+1/t27?,34-,35?/m0/s1. The van der Waals surface area contributed by atoms with Crippen LogP contribution in [0.15, 0.2) is 78.0 Å². The van der Waals surface area contributed by atoms with Gasteiger partial charge < -0.3 is 19.3 Å². The average molecular weight is 790 g/mol. The van der Waals surface area contributed by atoms with Crippen LogP contribution in [0.1, 0.15) is 57.4 Å². The molecule has 3 N–H and O–H groups in total. The van der Waals surface area contributed by atoms with Gasteiger partial charge in [0.15, 0.2) is 11.5 Å². The zero-order chi connectivity index (χ0) is 38.0. The van der Waals surface area contributed by atoms with Gasteiger partial charge in [0.1, 0.15) is 28.0 Å². The molecule has 3 fully saturated rings. The van der Waals surface area contributed by atoms with Crippen LogP contribution in [0, 0.1) is 11.7 Å². The van der Waals surface area contributed by atoms with Gasteiger partial charge in [-0.1, -0.05) is 41.4 Å². The number of methoxy groups -OCH3 is 2. The van der Waals surface area contributed by atoms with Crippen molar-refractivity contribution in [3.05, 3.63) is 117 Å². The van der Waals surface area contributed by atoms with E-state index in [2.05, 4.69) is 9.62 Å². The number of esters is 1. The third kappa shape index (κ3) is 8.36. The van der Waals surface area contributed by atoms with Gasteiger partial charge in [0.2, 0.25) is 22.4 Å². The molecule has 2 unspecified atom stereocenters. The van der Waals surface area contributed by atoms with Crippen LogP contribution in [0.3, 0.4) is 0 Å². The van der Waals surface area contributed by atoms with Crippen molar-refractivity contribution in [1.82, 2.24) is 9.62 Å². The Morgan fingerprint density at radius 2 is 1.68 bits per heavy atom. The molecular weight excluding hydrogens is 752 g/mol. The number of pyridine rings is 1. The van der Waals surface area contributed by atoms with E-state index in [-0.39, 0.29) is 44.0 Å². The van der Waals surface area contributed by atoms with Crippen molar-refractivity contribution in [2.75, 3.05) is 33.9 Å². The number of benzene rings is 3. The van der Waals surface area contributed by atoms with E-state index in [4.69, 9.17) is 37.4 Å². The first kappa shape index (κ1) is 38.3. The monoisotopic (exact) mass is 788 g/mol. The van der Waals surface area contributed by atoms with E-state index in [1.165, 1.54) is 50.9 Å². The fraction of sp³-hybridized carbons (Fsp3) is 0.324. The number of sulfonamides is 1. The lowest BCUT2D eigenvalue weighted by atomic mass is 9.83. The summed E-state index contributed by atoms with van der Waals surface area (Å²) in [6.07, 6.45) is 3.59. The summed E-state index contributed by atoms with van der Waals surface area (Å²) in [6, 6.07) is 11.7. The molecule has 3 aliphatic rings. The quantitative estimate of drug-likeness (QED) is 0.0911. The molecule has 3 saturated heterocycles. The maximum atomic E-state index is 14.5. The Morgan fingerprint density at radius 1 is 0.981 bits per heavy atom. The Morgan fingerprint density at radius 3 is 2.28 bits per heavy atom. The van der Waals surface area contributed by atoms with Gasteiger partial charge in [-0.25, -0.2) is 22.4 Å². The number of halogens is 3. The number of aromatic nitrogens is 1. The zero-order valence-electron chi connectivity index (χ0n) is 28.7. The fourth-order valence-corrected chi connectivity index (χ4v) is 8.84. The number of nitrogens with zero attached hydrogens (tertiary/aromatic N) is 2. The van der Waals surface area contributed by atoms with Crippen LogP contribution in [0.25, 0.3) is 0 Å². The van der Waals surface area contributed by atoms with Crippen LogP contribution in [0.4, 0.5) is 4.39 Å². The Balaban J connectivity index is 1.43. The number of carbonyl (C=O) groups excluding carboxylic acids is 1. The van der Waals surface area contributed by atoms with E-state index < -0.39 is 45.8 Å². The number of hydrogen-bond donors (Lipinski definition) is 3. The second kappa shape index (κ2) is 15.9.